The molecule has 0 aliphatic carbocycles. The average molecular weight is 398 g/mol. The molecule has 1 aliphatic heterocycles. The zero-order chi connectivity index (χ0) is 18.6. The van der Waals surface area contributed by atoms with Crippen molar-refractivity contribution >= 4 is 28.8 Å². The fraction of sp³-hybridized carbons (Fsp3) is 0.273. The van der Waals surface area contributed by atoms with Gasteiger partial charge in [-0.2, -0.15) is 0 Å². The summed E-state index contributed by atoms with van der Waals surface area (Å²) in [6, 6.07) is 19.1. The SMILES string of the molecule is COc1ccc2c(c1)S[C@@H](c1ccccc1OC)CCN2Cc1cccs1. The molecule has 3 aromatic rings. The Kier molecular flexibility index (Phi) is 5.60. The van der Waals surface area contributed by atoms with Crippen molar-refractivity contribution in [3.8, 4) is 11.5 Å². The molecule has 2 heterocycles. The number of rotatable bonds is 5. The Balaban J connectivity index is 1.70. The number of thioether (sulfide) groups is 1. The molecule has 27 heavy (non-hydrogen) atoms. The van der Waals surface area contributed by atoms with Crippen molar-refractivity contribution in [1.82, 2.24) is 0 Å². The zero-order valence-corrected chi connectivity index (χ0v) is 17.2. The number of hydrogen-bond donors (Lipinski definition) is 0. The second kappa shape index (κ2) is 8.28. The van der Waals surface area contributed by atoms with Crippen LogP contribution in [0.2, 0.25) is 0 Å². The van der Waals surface area contributed by atoms with Crippen LogP contribution in [0, 0.1) is 0 Å². The Morgan fingerprint density at radius 1 is 1.04 bits per heavy atom. The van der Waals surface area contributed by atoms with Crippen LogP contribution < -0.4 is 14.4 Å². The molecule has 0 amide bonds. The molecule has 0 saturated carbocycles. The topological polar surface area (TPSA) is 21.7 Å². The third kappa shape index (κ3) is 3.94. The van der Waals surface area contributed by atoms with E-state index in [4.69, 9.17) is 9.47 Å². The molecule has 0 saturated heterocycles. The van der Waals surface area contributed by atoms with E-state index in [1.165, 1.54) is 21.0 Å². The van der Waals surface area contributed by atoms with Crippen LogP contribution in [0.5, 0.6) is 11.5 Å². The molecular weight excluding hydrogens is 374 g/mol. The third-order valence-corrected chi connectivity index (χ3v) is 7.07. The van der Waals surface area contributed by atoms with Crippen LogP contribution >= 0.6 is 23.1 Å². The minimum Gasteiger partial charge on any atom is -0.497 e. The molecular formula is C22H23NO2S2. The van der Waals surface area contributed by atoms with Gasteiger partial charge in [0.15, 0.2) is 0 Å². The van der Waals surface area contributed by atoms with Crippen LogP contribution in [-0.4, -0.2) is 20.8 Å². The summed E-state index contributed by atoms with van der Waals surface area (Å²) in [5.41, 5.74) is 2.54. The highest BCUT2D eigenvalue weighted by molar-refractivity contribution is 7.99. The van der Waals surface area contributed by atoms with Crippen molar-refractivity contribution in [2.24, 2.45) is 0 Å². The predicted octanol–water partition coefficient (Wildman–Crippen LogP) is 6.01. The van der Waals surface area contributed by atoms with E-state index >= 15 is 0 Å². The van der Waals surface area contributed by atoms with Gasteiger partial charge in [0.05, 0.1) is 26.5 Å². The second-order valence-electron chi connectivity index (χ2n) is 6.47. The zero-order valence-electron chi connectivity index (χ0n) is 15.6. The van der Waals surface area contributed by atoms with E-state index in [2.05, 4.69) is 58.8 Å². The van der Waals surface area contributed by atoms with Crippen LogP contribution in [0.1, 0.15) is 22.1 Å². The summed E-state index contributed by atoms with van der Waals surface area (Å²) >= 11 is 3.72. The normalized spacial score (nSPS) is 16.5. The van der Waals surface area contributed by atoms with Crippen LogP contribution in [0.15, 0.2) is 64.9 Å². The number of fused-ring (bicyclic) bond motifs is 1. The van der Waals surface area contributed by atoms with E-state index in [1.54, 1.807) is 14.2 Å². The van der Waals surface area contributed by atoms with E-state index < -0.39 is 0 Å². The first-order valence-electron chi connectivity index (χ1n) is 9.03. The molecule has 5 heteroatoms. The van der Waals surface area contributed by atoms with Gasteiger partial charge in [-0.1, -0.05) is 24.3 Å². The lowest BCUT2D eigenvalue weighted by Gasteiger charge is -2.24. The lowest BCUT2D eigenvalue weighted by molar-refractivity contribution is 0.409. The highest BCUT2D eigenvalue weighted by Crippen LogP contribution is 2.48. The van der Waals surface area contributed by atoms with Gasteiger partial charge in [-0.3, -0.25) is 0 Å². The Bertz CT molecular complexity index is 895. The van der Waals surface area contributed by atoms with Crippen LogP contribution in [0.4, 0.5) is 5.69 Å². The lowest BCUT2D eigenvalue weighted by atomic mass is 10.1. The molecule has 1 aliphatic rings. The minimum absolute atomic E-state index is 0.348. The van der Waals surface area contributed by atoms with Crippen molar-refractivity contribution in [2.45, 2.75) is 23.1 Å². The Morgan fingerprint density at radius 2 is 1.93 bits per heavy atom. The molecule has 0 radical (unpaired) electrons. The standard InChI is InChI=1S/C22H23NO2S2/c1-24-16-9-10-19-22(14-16)27-21(18-7-3-4-8-20(18)25-2)11-12-23(19)15-17-6-5-13-26-17/h3-10,13-14,21H,11-12,15H2,1-2H3/t21-/m1/s1. The van der Waals surface area contributed by atoms with Gasteiger partial charge >= 0.3 is 0 Å². The predicted molar refractivity (Wildman–Crippen MR) is 115 cm³/mol. The molecule has 2 aromatic carbocycles. The lowest BCUT2D eigenvalue weighted by Crippen LogP contribution is -2.23. The van der Waals surface area contributed by atoms with E-state index in [-0.39, 0.29) is 0 Å². The van der Waals surface area contributed by atoms with Crippen LogP contribution in [-0.2, 0) is 6.54 Å². The number of benzene rings is 2. The average Bonchev–Trinajstić information content (AvgIpc) is 3.16. The molecule has 1 atom stereocenters. The number of nitrogens with zero attached hydrogens (tertiary/aromatic N) is 1. The summed E-state index contributed by atoms with van der Waals surface area (Å²) in [5.74, 6) is 1.86. The second-order valence-corrected chi connectivity index (χ2v) is 8.75. The van der Waals surface area contributed by atoms with E-state index in [1.807, 2.05) is 29.2 Å². The summed E-state index contributed by atoms with van der Waals surface area (Å²) in [5, 5.41) is 2.49. The molecule has 4 rings (SSSR count). The minimum atomic E-state index is 0.348. The summed E-state index contributed by atoms with van der Waals surface area (Å²) in [6.45, 7) is 1.95. The summed E-state index contributed by atoms with van der Waals surface area (Å²) < 4.78 is 11.1. The summed E-state index contributed by atoms with van der Waals surface area (Å²) in [6.07, 6.45) is 1.06. The maximum absolute atomic E-state index is 5.63. The Hall–Kier alpha value is -2.11. The van der Waals surface area contributed by atoms with Crippen molar-refractivity contribution in [3.05, 3.63) is 70.4 Å². The number of hydrogen-bond acceptors (Lipinski definition) is 5. The van der Waals surface area contributed by atoms with Gasteiger partial charge in [-0.15, -0.1) is 23.1 Å². The van der Waals surface area contributed by atoms with Crippen molar-refractivity contribution in [2.75, 3.05) is 25.7 Å². The molecule has 0 fully saturated rings. The van der Waals surface area contributed by atoms with Gasteiger partial charge in [-0.05, 0) is 42.1 Å². The van der Waals surface area contributed by atoms with Crippen molar-refractivity contribution in [3.63, 3.8) is 0 Å². The number of thiophene rings is 1. The molecule has 0 unspecified atom stereocenters. The third-order valence-electron chi connectivity index (χ3n) is 4.85. The van der Waals surface area contributed by atoms with E-state index in [0.29, 0.717) is 5.25 Å². The Morgan fingerprint density at radius 3 is 2.70 bits per heavy atom. The van der Waals surface area contributed by atoms with Gasteiger partial charge in [-0.25, -0.2) is 0 Å². The molecule has 3 nitrogen and oxygen atoms in total. The van der Waals surface area contributed by atoms with Gasteiger partial charge < -0.3 is 14.4 Å². The Labute approximate surface area is 168 Å². The van der Waals surface area contributed by atoms with Crippen molar-refractivity contribution < 1.29 is 9.47 Å². The maximum atomic E-state index is 5.63. The molecule has 0 bridgehead atoms. The van der Waals surface area contributed by atoms with E-state index in [9.17, 15) is 0 Å². The highest BCUT2D eigenvalue weighted by atomic mass is 32.2. The summed E-state index contributed by atoms with van der Waals surface area (Å²) in [4.78, 5) is 5.14. The van der Waals surface area contributed by atoms with Gasteiger partial charge in [0, 0.05) is 27.1 Å². The molecule has 1 aromatic heterocycles. The van der Waals surface area contributed by atoms with Crippen LogP contribution in [0.3, 0.4) is 0 Å². The highest BCUT2D eigenvalue weighted by Gasteiger charge is 2.26. The molecule has 140 valence electrons. The molecule has 0 N–H and O–H groups in total. The molecule has 0 spiro atoms. The first kappa shape index (κ1) is 18.3. The fourth-order valence-corrected chi connectivity index (χ4v) is 5.56. The first-order valence-corrected chi connectivity index (χ1v) is 10.8. The number of para-hydroxylation sites is 1. The number of ether oxygens (including phenoxy) is 2. The fourth-order valence-electron chi connectivity index (χ4n) is 3.49. The van der Waals surface area contributed by atoms with Gasteiger partial charge in [0.25, 0.3) is 0 Å². The van der Waals surface area contributed by atoms with Crippen LogP contribution in [0.25, 0.3) is 0 Å². The quantitative estimate of drug-likeness (QED) is 0.526. The summed E-state index contributed by atoms with van der Waals surface area (Å²) in [7, 11) is 3.48. The largest absolute Gasteiger partial charge is 0.497 e. The number of methoxy groups -OCH3 is 2. The first-order chi connectivity index (χ1) is 13.3. The van der Waals surface area contributed by atoms with Gasteiger partial charge in [0.2, 0.25) is 0 Å². The number of anilines is 1. The smallest absolute Gasteiger partial charge is 0.123 e. The van der Waals surface area contributed by atoms with Gasteiger partial charge in [0.1, 0.15) is 11.5 Å². The van der Waals surface area contributed by atoms with Crippen molar-refractivity contribution in [1.29, 1.82) is 0 Å². The van der Waals surface area contributed by atoms with E-state index in [0.717, 1.165) is 31.0 Å². The maximum Gasteiger partial charge on any atom is 0.123 e. The monoisotopic (exact) mass is 397 g/mol.